The number of benzene rings is 1. The number of carbonyl (C=O) groups is 1. The lowest BCUT2D eigenvalue weighted by molar-refractivity contribution is -0.134. The van der Waals surface area contributed by atoms with E-state index in [0.29, 0.717) is 6.07 Å². The van der Waals surface area contributed by atoms with Gasteiger partial charge < -0.3 is 5.11 Å². The highest BCUT2D eigenvalue weighted by Crippen LogP contribution is 2.46. The molecule has 0 bridgehead atoms. The highest BCUT2D eigenvalue weighted by Gasteiger charge is 2.49. The number of halogens is 4. The molecule has 0 spiro atoms. The van der Waals surface area contributed by atoms with Crippen molar-refractivity contribution in [1.82, 2.24) is 4.98 Å². The Morgan fingerprint density at radius 2 is 2.08 bits per heavy atom. The molecule has 1 aromatic carbocycles. The predicted molar refractivity (Wildman–Crippen MR) is 90.5 cm³/mol. The molecular formula is C19H17ClF3NO2. The summed E-state index contributed by atoms with van der Waals surface area (Å²) in [5.41, 5.74) is -3.49. The fourth-order valence-electron chi connectivity index (χ4n) is 3.36. The van der Waals surface area contributed by atoms with Crippen LogP contribution >= 0.6 is 11.6 Å². The number of carbonyl (C=O) groups excluding carboxylic acids is 1. The lowest BCUT2D eigenvalue weighted by Crippen LogP contribution is -2.42. The van der Waals surface area contributed by atoms with Crippen LogP contribution in [0.25, 0.3) is 0 Å². The minimum Gasteiger partial charge on any atom is -0.384 e. The maximum Gasteiger partial charge on any atom is 0.195 e. The summed E-state index contributed by atoms with van der Waals surface area (Å²) in [6.07, 6.45) is 0.802. The van der Waals surface area contributed by atoms with Crippen molar-refractivity contribution in [2.24, 2.45) is 0 Å². The molecule has 0 amide bonds. The van der Waals surface area contributed by atoms with Crippen LogP contribution in [0.5, 0.6) is 0 Å². The standard InChI is InChI=1S/C19H17ClF3NO2/c1-18(26)6-7-19(23,13-3-2-8-24-17(13)18)16(25)5-4-12-14(20)9-11(21)10-15(12)22/h2-3,8-10,26H,4-7H2,1H3/t18-,19-/m0/s1. The second-order valence-electron chi connectivity index (χ2n) is 6.75. The highest BCUT2D eigenvalue weighted by atomic mass is 35.5. The molecule has 1 N–H and O–H groups in total. The number of aliphatic hydroxyl groups is 1. The average molecular weight is 384 g/mol. The van der Waals surface area contributed by atoms with Gasteiger partial charge in [0, 0.05) is 34.8 Å². The van der Waals surface area contributed by atoms with Gasteiger partial charge in [0.2, 0.25) is 0 Å². The van der Waals surface area contributed by atoms with Crippen LogP contribution in [-0.2, 0) is 22.5 Å². The van der Waals surface area contributed by atoms with E-state index in [9.17, 15) is 18.7 Å². The molecule has 0 radical (unpaired) electrons. The van der Waals surface area contributed by atoms with Crippen LogP contribution < -0.4 is 0 Å². The van der Waals surface area contributed by atoms with Gasteiger partial charge >= 0.3 is 0 Å². The van der Waals surface area contributed by atoms with Crippen molar-refractivity contribution in [2.75, 3.05) is 0 Å². The first-order chi connectivity index (χ1) is 12.1. The van der Waals surface area contributed by atoms with Gasteiger partial charge in [-0.1, -0.05) is 17.7 Å². The number of hydrogen-bond donors (Lipinski definition) is 1. The van der Waals surface area contributed by atoms with Crippen molar-refractivity contribution < 1.29 is 23.1 Å². The first-order valence-electron chi connectivity index (χ1n) is 8.19. The van der Waals surface area contributed by atoms with Gasteiger partial charge in [0.1, 0.15) is 17.2 Å². The van der Waals surface area contributed by atoms with Gasteiger partial charge in [-0.15, -0.1) is 0 Å². The number of aromatic nitrogens is 1. The van der Waals surface area contributed by atoms with Crippen LogP contribution in [0.3, 0.4) is 0 Å². The van der Waals surface area contributed by atoms with Crippen LogP contribution in [0.4, 0.5) is 13.2 Å². The predicted octanol–water partition coefficient (Wildman–Crippen LogP) is 4.38. The number of hydrogen-bond acceptors (Lipinski definition) is 3. The first-order valence-corrected chi connectivity index (χ1v) is 8.57. The Balaban J connectivity index is 1.87. The van der Waals surface area contributed by atoms with E-state index >= 15 is 4.39 Å². The summed E-state index contributed by atoms with van der Waals surface area (Å²) in [6.45, 7) is 1.52. The van der Waals surface area contributed by atoms with E-state index in [1.165, 1.54) is 25.3 Å². The molecule has 0 saturated carbocycles. The summed E-state index contributed by atoms with van der Waals surface area (Å²) in [5, 5.41) is 10.3. The molecule has 0 saturated heterocycles. The molecule has 0 aliphatic heterocycles. The average Bonchev–Trinajstić information content (AvgIpc) is 2.58. The van der Waals surface area contributed by atoms with Crippen LogP contribution in [0, 0.1) is 11.6 Å². The maximum absolute atomic E-state index is 15.6. The second-order valence-corrected chi connectivity index (χ2v) is 7.15. The molecule has 1 heterocycles. The van der Waals surface area contributed by atoms with E-state index < -0.39 is 28.7 Å². The number of alkyl halides is 1. The van der Waals surface area contributed by atoms with E-state index in [-0.39, 0.29) is 47.5 Å². The summed E-state index contributed by atoms with van der Waals surface area (Å²) in [6, 6.07) is 4.55. The third-order valence-corrected chi connectivity index (χ3v) is 5.19. The fraction of sp³-hybridized carbons (Fsp3) is 0.368. The Hall–Kier alpha value is -1.92. The lowest BCUT2D eigenvalue weighted by atomic mass is 9.73. The molecule has 0 fully saturated rings. The van der Waals surface area contributed by atoms with Crippen LogP contribution in [-0.4, -0.2) is 15.9 Å². The monoisotopic (exact) mass is 383 g/mol. The highest BCUT2D eigenvalue weighted by molar-refractivity contribution is 6.31. The maximum atomic E-state index is 15.6. The van der Waals surface area contributed by atoms with Crippen molar-refractivity contribution in [3.05, 3.63) is 63.9 Å². The van der Waals surface area contributed by atoms with Gasteiger partial charge in [-0.05, 0) is 38.3 Å². The molecule has 1 aliphatic rings. The van der Waals surface area contributed by atoms with Gasteiger partial charge in [-0.25, -0.2) is 13.2 Å². The van der Waals surface area contributed by atoms with Gasteiger partial charge in [-0.2, -0.15) is 0 Å². The first kappa shape index (κ1) is 18.9. The zero-order valence-corrected chi connectivity index (χ0v) is 14.8. The third-order valence-electron chi connectivity index (χ3n) is 4.85. The van der Waals surface area contributed by atoms with Crippen molar-refractivity contribution in [1.29, 1.82) is 0 Å². The van der Waals surface area contributed by atoms with E-state index in [1.807, 2.05) is 0 Å². The van der Waals surface area contributed by atoms with Crippen molar-refractivity contribution in [3.63, 3.8) is 0 Å². The Labute approximate surface area is 153 Å². The SMILES string of the molecule is C[C@]1(O)CC[C@@](F)(C(=O)CCc2c(F)cc(F)cc2Cl)c2cccnc21. The molecule has 3 rings (SSSR count). The van der Waals surface area contributed by atoms with Crippen LogP contribution in [0.2, 0.25) is 5.02 Å². The molecule has 138 valence electrons. The Kier molecular flexibility index (Phi) is 4.84. The summed E-state index contributed by atoms with van der Waals surface area (Å²) in [4.78, 5) is 16.7. The van der Waals surface area contributed by atoms with Crippen molar-refractivity contribution >= 4 is 17.4 Å². The van der Waals surface area contributed by atoms with E-state index in [0.717, 1.165) is 6.07 Å². The zero-order valence-electron chi connectivity index (χ0n) is 14.0. The summed E-state index contributed by atoms with van der Waals surface area (Å²) < 4.78 is 42.6. The van der Waals surface area contributed by atoms with Gasteiger partial charge in [0.05, 0.1) is 5.69 Å². The molecule has 2 atom stereocenters. The number of rotatable bonds is 4. The Morgan fingerprint density at radius 3 is 2.77 bits per heavy atom. The molecular weight excluding hydrogens is 367 g/mol. The summed E-state index contributed by atoms with van der Waals surface area (Å²) in [5.74, 6) is -2.44. The molecule has 1 aromatic heterocycles. The molecule has 3 nitrogen and oxygen atoms in total. The number of ketones is 1. The molecule has 26 heavy (non-hydrogen) atoms. The summed E-state index contributed by atoms with van der Waals surface area (Å²) >= 11 is 5.83. The topological polar surface area (TPSA) is 50.2 Å². The Morgan fingerprint density at radius 1 is 1.35 bits per heavy atom. The third kappa shape index (κ3) is 3.23. The van der Waals surface area contributed by atoms with Crippen LogP contribution in [0.1, 0.15) is 43.0 Å². The fourth-order valence-corrected chi connectivity index (χ4v) is 3.65. The zero-order chi connectivity index (χ0) is 19.1. The largest absolute Gasteiger partial charge is 0.384 e. The normalized spacial score (nSPS) is 25.0. The van der Waals surface area contributed by atoms with E-state index in [2.05, 4.69) is 4.98 Å². The number of fused-ring (bicyclic) bond motifs is 1. The smallest absolute Gasteiger partial charge is 0.195 e. The van der Waals surface area contributed by atoms with Crippen molar-refractivity contribution in [2.45, 2.75) is 43.9 Å². The van der Waals surface area contributed by atoms with Gasteiger partial charge in [0.15, 0.2) is 11.5 Å². The molecule has 2 aromatic rings. The van der Waals surface area contributed by atoms with Crippen molar-refractivity contribution in [3.8, 4) is 0 Å². The van der Waals surface area contributed by atoms with Crippen LogP contribution in [0.15, 0.2) is 30.5 Å². The number of Topliss-reactive ketones (excluding diaryl/α,β-unsaturated/α-hetero) is 1. The van der Waals surface area contributed by atoms with Gasteiger partial charge in [0.25, 0.3) is 0 Å². The Bertz CT molecular complexity index is 849. The second kappa shape index (κ2) is 6.67. The van der Waals surface area contributed by atoms with Gasteiger partial charge in [-0.3, -0.25) is 9.78 Å². The molecule has 7 heteroatoms. The number of nitrogens with zero attached hydrogens (tertiary/aromatic N) is 1. The summed E-state index contributed by atoms with van der Waals surface area (Å²) in [7, 11) is 0. The number of pyridine rings is 1. The quantitative estimate of drug-likeness (QED) is 0.852. The lowest BCUT2D eigenvalue weighted by Gasteiger charge is -2.37. The minimum atomic E-state index is -2.31. The van der Waals surface area contributed by atoms with E-state index in [4.69, 9.17) is 11.6 Å². The molecule has 0 unspecified atom stereocenters. The van der Waals surface area contributed by atoms with E-state index in [1.54, 1.807) is 0 Å². The molecule has 1 aliphatic carbocycles. The minimum absolute atomic E-state index is 0.0285.